The Morgan fingerprint density at radius 3 is 2.73 bits per heavy atom. The topological polar surface area (TPSA) is 80.3 Å². The third-order valence-corrected chi connectivity index (χ3v) is 5.32. The molecule has 1 heterocycles. The number of nitrogens with one attached hydrogen (secondary N) is 2. The molecule has 1 aliphatic rings. The zero-order chi connectivity index (χ0) is 18.4. The number of amides is 2. The van der Waals surface area contributed by atoms with Crippen molar-refractivity contribution in [1.82, 2.24) is 10.3 Å². The van der Waals surface area contributed by atoms with Crippen LogP contribution in [0.3, 0.4) is 0 Å². The first-order chi connectivity index (χ1) is 12.7. The highest BCUT2D eigenvalue weighted by Crippen LogP contribution is 2.30. The summed E-state index contributed by atoms with van der Waals surface area (Å²) in [5.74, 6) is -0.179. The van der Waals surface area contributed by atoms with Crippen LogP contribution in [0.15, 0.2) is 30.3 Å². The van der Waals surface area contributed by atoms with Gasteiger partial charge in [0.25, 0.3) is 0 Å². The lowest BCUT2D eigenvalue weighted by Crippen LogP contribution is -2.32. The maximum atomic E-state index is 12.5. The minimum Gasteiger partial charge on any atom is -0.450 e. The van der Waals surface area contributed by atoms with Gasteiger partial charge >= 0.3 is 6.09 Å². The number of nitrogens with zero attached hydrogens (tertiary/aromatic N) is 1. The standard InChI is InChI=1S/C19H23N3O3S/c1-2-25-19(24)21-15(13-8-4-3-5-9-13)12-17(23)22-18-20-14-10-6-7-11-16(14)26-18/h3-5,8-9,15H,2,6-7,10-12H2,1H3,(H,21,24)(H,20,22,23)/t15-/m0/s1. The van der Waals surface area contributed by atoms with E-state index in [1.54, 1.807) is 18.3 Å². The lowest BCUT2D eigenvalue weighted by Gasteiger charge is -2.18. The number of anilines is 1. The maximum absolute atomic E-state index is 12.5. The summed E-state index contributed by atoms with van der Waals surface area (Å²) in [7, 11) is 0. The van der Waals surface area contributed by atoms with E-state index in [1.807, 2.05) is 30.3 Å². The smallest absolute Gasteiger partial charge is 0.407 e. The number of carbonyl (C=O) groups is 2. The molecular formula is C19H23N3O3S. The van der Waals surface area contributed by atoms with Gasteiger partial charge in [-0.1, -0.05) is 30.3 Å². The number of benzene rings is 1. The second-order valence-electron chi connectivity index (χ2n) is 6.18. The maximum Gasteiger partial charge on any atom is 0.407 e. The summed E-state index contributed by atoms with van der Waals surface area (Å²) in [6, 6.07) is 8.96. The van der Waals surface area contributed by atoms with E-state index < -0.39 is 12.1 Å². The monoisotopic (exact) mass is 373 g/mol. The molecule has 1 aromatic heterocycles. The van der Waals surface area contributed by atoms with Crippen LogP contribution in [0.2, 0.25) is 0 Å². The van der Waals surface area contributed by atoms with Crippen LogP contribution in [0.1, 0.15) is 48.4 Å². The Balaban J connectivity index is 1.66. The Labute approximate surface area is 157 Å². The zero-order valence-corrected chi connectivity index (χ0v) is 15.6. The molecular weight excluding hydrogens is 350 g/mol. The summed E-state index contributed by atoms with van der Waals surface area (Å²) in [5.41, 5.74) is 1.97. The van der Waals surface area contributed by atoms with Gasteiger partial charge in [0.1, 0.15) is 0 Å². The van der Waals surface area contributed by atoms with Crippen LogP contribution in [0.5, 0.6) is 0 Å². The van der Waals surface area contributed by atoms with Crippen molar-refractivity contribution in [2.24, 2.45) is 0 Å². The van der Waals surface area contributed by atoms with E-state index in [4.69, 9.17) is 4.74 Å². The SMILES string of the molecule is CCOC(=O)N[C@@H](CC(=O)Nc1nc2c(s1)CCCC2)c1ccccc1. The highest BCUT2D eigenvalue weighted by Gasteiger charge is 2.21. The molecule has 26 heavy (non-hydrogen) atoms. The fourth-order valence-electron chi connectivity index (χ4n) is 3.01. The first-order valence-corrected chi connectivity index (χ1v) is 9.74. The van der Waals surface area contributed by atoms with Crippen molar-refractivity contribution >= 4 is 28.5 Å². The Morgan fingerprint density at radius 1 is 1.23 bits per heavy atom. The van der Waals surface area contributed by atoms with E-state index in [0.29, 0.717) is 5.13 Å². The van der Waals surface area contributed by atoms with Crippen LogP contribution in [-0.4, -0.2) is 23.6 Å². The van der Waals surface area contributed by atoms with E-state index in [9.17, 15) is 9.59 Å². The second kappa shape index (κ2) is 8.80. The van der Waals surface area contributed by atoms with Crippen molar-refractivity contribution in [2.75, 3.05) is 11.9 Å². The Hall–Kier alpha value is -2.41. The molecule has 2 amide bonds. The molecule has 2 N–H and O–H groups in total. The van der Waals surface area contributed by atoms with Gasteiger partial charge in [0.05, 0.1) is 24.8 Å². The minimum atomic E-state index is -0.529. The highest BCUT2D eigenvalue weighted by atomic mass is 32.1. The number of hydrogen-bond donors (Lipinski definition) is 2. The van der Waals surface area contributed by atoms with Gasteiger partial charge in [-0.15, -0.1) is 11.3 Å². The van der Waals surface area contributed by atoms with Gasteiger partial charge in [0.2, 0.25) is 5.91 Å². The van der Waals surface area contributed by atoms with Crippen molar-refractivity contribution in [2.45, 2.75) is 45.1 Å². The van der Waals surface area contributed by atoms with Crippen LogP contribution in [0.25, 0.3) is 0 Å². The lowest BCUT2D eigenvalue weighted by atomic mass is 10.0. The molecule has 138 valence electrons. The van der Waals surface area contributed by atoms with E-state index in [0.717, 1.165) is 30.5 Å². The van der Waals surface area contributed by atoms with E-state index in [2.05, 4.69) is 15.6 Å². The van der Waals surface area contributed by atoms with Crippen molar-refractivity contribution < 1.29 is 14.3 Å². The van der Waals surface area contributed by atoms with E-state index in [1.165, 1.54) is 11.3 Å². The van der Waals surface area contributed by atoms with Crippen molar-refractivity contribution in [3.63, 3.8) is 0 Å². The molecule has 2 aromatic rings. The van der Waals surface area contributed by atoms with E-state index in [-0.39, 0.29) is 18.9 Å². The van der Waals surface area contributed by atoms with Crippen LogP contribution in [-0.2, 0) is 22.4 Å². The molecule has 0 aliphatic heterocycles. The Morgan fingerprint density at radius 2 is 2.00 bits per heavy atom. The van der Waals surface area contributed by atoms with Crippen molar-refractivity contribution in [3.05, 3.63) is 46.5 Å². The fraction of sp³-hybridized carbons (Fsp3) is 0.421. The van der Waals surface area contributed by atoms with Gasteiger partial charge in [-0.05, 0) is 38.2 Å². The van der Waals surface area contributed by atoms with Crippen molar-refractivity contribution in [3.8, 4) is 0 Å². The normalized spacial score (nSPS) is 14.2. The molecule has 0 fully saturated rings. The molecule has 3 rings (SSSR count). The van der Waals surface area contributed by atoms with Crippen LogP contribution >= 0.6 is 11.3 Å². The molecule has 1 aliphatic carbocycles. The van der Waals surface area contributed by atoms with Crippen LogP contribution < -0.4 is 10.6 Å². The van der Waals surface area contributed by atoms with Crippen molar-refractivity contribution in [1.29, 1.82) is 0 Å². The third kappa shape index (κ3) is 4.82. The summed E-state index contributed by atoms with van der Waals surface area (Å²) in [6.45, 7) is 2.03. The first-order valence-electron chi connectivity index (χ1n) is 8.92. The number of carbonyl (C=O) groups excluding carboxylic acids is 2. The molecule has 0 unspecified atom stereocenters. The fourth-order valence-corrected chi connectivity index (χ4v) is 4.08. The van der Waals surface area contributed by atoms with Crippen LogP contribution in [0.4, 0.5) is 9.93 Å². The number of aromatic nitrogens is 1. The predicted octanol–water partition coefficient (Wildman–Crippen LogP) is 3.84. The second-order valence-corrected chi connectivity index (χ2v) is 7.26. The first kappa shape index (κ1) is 18.4. The quantitative estimate of drug-likeness (QED) is 0.806. The molecule has 0 saturated carbocycles. The number of ether oxygens (including phenoxy) is 1. The molecule has 1 aromatic carbocycles. The number of thiazole rings is 1. The molecule has 0 spiro atoms. The number of aryl methyl sites for hydroxylation is 2. The average molecular weight is 373 g/mol. The van der Waals surface area contributed by atoms with Gasteiger partial charge in [-0.25, -0.2) is 9.78 Å². The molecule has 0 saturated heterocycles. The Bertz CT molecular complexity index is 737. The van der Waals surface area contributed by atoms with Gasteiger partial charge in [0, 0.05) is 4.88 Å². The molecule has 0 bridgehead atoms. The number of fused-ring (bicyclic) bond motifs is 1. The van der Waals surface area contributed by atoms with E-state index >= 15 is 0 Å². The van der Waals surface area contributed by atoms with Gasteiger partial charge in [-0.3, -0.25) is 4.79 Å². The van der Waals surface area contributed by atoms with Gasteiger partial charge in [-0.2, -0.15) is 0 Å². The summed E-state index contributed by atoms with van der Waals surface area (Å²) in [6.07, 6.45) is 3.95. The highest BCUT2D eigenvalue weighted by molar-refractivity contribution is 7.15. The lowest BCUT2D eigenvalue weighted by molar-refractivity contribution is -0.116. The summed E-state index contributed by atoms with van der Waals surface area (Å²) in [4.78, 5) is 30.1. The minimum absolute atomic E-state index is 0.118. The van der Waals surface area contributed by atoms with Gasteiger partial charge in [0.15, 0.2) is 5.13 Å². The molecule has 6 nitrogen and oxygen atoms in total. The molecule has 0 radical (unpaired) electrons. The predicted molar refractivity (Wildman–Crippen MR) is 101 cm³/mol. The number of hydrogen-bond acceptors (Lipinski definition) is 5. The van der Waals surface area contributed by atoms with Gasteiger partial charge < -0.3 is 15.4 Å². The summed E-state index contributed by atoms with van der Waals surface area (Å²) in [5, 5.41) is 6.29. The largest absolute Gasteiger partial charge is 0.450 e. The Kier molecular flexibility index (Phi) is 6.22. The molecule has 7 heteroatoms. The summed E-state index contributed by atoms with van der Waals surface area (Å²) < 4.78 is 4.96. The number of alkyl carbamates (subject to hydrolysis) is 1. The van der Waals surface area contributed by atoms with Crippen LogP contribution in [0, 0.1) is 0 Å². The summed E-state index contributed by atoms with van der Waals surface area (Å²) >= 11 is 1.55. The molecule has 1 atom stereocenters. The third-order valence-electron chi connectivity index (χ3n) is 4.25. The number of rotatable bonds is 6. The zero-order valence-electron chi connectivity index (χ0n) is 14.8. The average Bonchev–Trinajstić information content (AvgIpc) is 3.04.